The smallest absolute Gasteiger partial charge is 0.318 e. The van der Waals surface area contributed by atoms with Crippen LogP contribution in [0.5, 0.6) is 6.01 Å². The fourth-order valence-corrected chi connectivity index (χ4v) is 5.46. The van der Waals surface area contributed by atoms with Crippen molar-refractivity contribution < 1.29 is 9.53 Å². The van der Waals surface area contributed by atoms with Crippen LogP contribution >= 0.6 is 0 Å². The molecule has 2 aromatic carbocycles. The van der Waals surface area contributed by atoms with Crippen molar-refractivity contribution in [1.29, 1.82) is 0 Å². The van der Waals surface area contributed by atoms with Gasteiger partial charge in [0.1, 0.15) is 12.4 Å². The summed E-state index contributed by atoms with van der Waals surface area (Å²) < 4.78 is 6.23. The summed E-state index contributed by atoms with van der Waals surface area (Å²) in [6.45, 7) is 9.36. The van der Waals surface area contributed by atoms with Gasteiger partial charge < -0.3 is 24.8 Å². The summed E-state index contributed by atoms with van der Waals surface area (Å²) in [6, 6.07) is 15.8. The Morgan fingerprint density at radius 3 is 2.84 bits per heavy atom. The molecule has 1 N–H and O–H groups in total. The van der Waals surface area contributed by atoms with Gasteiger partial charge in [0.05, 0.1) is 12.2 Å². The summed E-state index contributed by atoms with van der Waals surface area (Å²) in [5.74, 6) is 0.702. The molecule has 0 radical (unpaired) electrons. The van der Waals surface area contributed by atoms with Gasteiger partial charge in [-0.3, -0.25) is 4.79 Å². The molecule has 0 spiro atoms. The number of anilines is 2. The Morgan fingerprint density at radius 1 is 1.24 bits per heavy atom. The number of aromatic nitrogens is 2. The van der Waals surface area contributed by atoms with E-state index in [1.807, 2.05) is 7.05 Å². The molecule has 2 atom stereocenters. The summed E-state index contributed by atoms with van der Waals surface area (Å²) in [5.41, 5.74) is 3.37. The number of benzene rings is 2. The number of carbonyl (C=O) groups excluding carboxylic acids is 1. The predicted octanol–water partition coefficient (Wildman–Crippen LogP) is 3.79. The second-order valence-corrected chi connectivity index (χ2v) is 10.4. The van der Waals surface area contributed by atoms with Gasteiger partial charge in [0.2, 0.25) is 5.91 Å². The highest BCUT2D eigenvalue weighted by Crippen LogP contribution is 2.34. The van der Waals surface area contributed by atoms with Crippen LogP contribution in [0.25, 0.3) is 10.8 Å². The van der Waals surface area contributed by atoms with Crippen LogP contribution in [0.1, 0.15) is 31.0 Å². The standard InChI is InChI=1S/C30H38N6O2/c1-5-28(37)31-18-21(2)35(4)29-25-15-17-36(27-14-8-11-22-10-6-7-13-24(22)27)19-26(25)32-30(33-29)38-20-23-12-9-16-34(23)3/h5-8,10-11,13-14,21,23H,1,9,12,15-20H2,2-4H3,(H,31,37)/t21-,23?/m0/s1. The van der Waals surface area contributed by atoms with Gasteiger partial charge in [-0.25, -0.2) is 0 Å². The summed E-state index contributed by atoms with van der Waals surface area (Å²) in [7, 11) is 4.17. The van der Waals surface area contributed by atoms with Crippen molar-refractivity contribution in [2.45, 2.75) is 44.8 Å². The summed E-state index contributed by atoms with van der Waals surface area (Å²) in [5, 5.41) is 5.39. The lowest BCUT2D eigenvalue weighted by Crippen LogP contribution is -2.41. The first-order valence-electron chi connectivity index (χ1n) is 13.5. The average molecular weight is 515 g/mol. The Bertz CT molecular complexity index is 1310. The van der Waals surface area contributed by atoms with Crippen molar-refractivity contribution >= 4 is 28.2 Å². The number of hydrogen-bond donors (Lipinski definition) is 1. The summed E-state index contributed by atoms with van der Waals surface area (Å²) >= 11 is 0. The zero-order valence-corrected chi connectivity index (χ0v) is 22.7. The van der Waals surface area contributed by atoms with Gasteiger partial charge in [-0.1, -0.05) is 43.0 Å². The van der Waals surface area contributed by atoms with E-state index in [4.69, 9.17) is 14.7 Å². The highest BCUT2D eigenvalue weighted by molar-refractivity contribution is 5.94. The van der Waals surface area contributed by atoms with E-state index in [1.165, 1.54) is 29.0 Å². The molecule has 8 heteroatoms. The molecular weight excluding hydrogens is 476 g/mol. The van der Waals surface area contributed by atoms with Crippen LogP contribution in [0.15, 0.2) is 55.1 Å². The van der Waals surface area contributed by atoms with Gasteiger partial charge in [-0.05, 0) is 57.3 Å². The van der Waals surface area contributed by atoms with E-state index in [0.717, 1.165) is 43.0 Å². The number of hydrogen-bond acceptors (Lipinski definition) is 7. The van der Waals surface area contributed by atoms with Gasteiger partial charge in [0.25, 0.3) is 0 Å². The lowest BCUT2D eigenvalue weighted by molar-refractivity contribution is -0.116. The Morgan fingerprint density at radius 2 is 2.05 bits per heavy atom. The lowest BCUT2D eigenvalue weighted by Gasteiger charge is -2.35. The van der Waals surface area contributed by atoms with Gasteiger partial charge >= 0.3 is 6.01 Å². The van der Waals surface area contributed by atoms with E-state index in [0.29, 0.717) is 31.7 Å². The maximum Gasteiger partial charge on any atom is 0.318 e. The number of nitrogens with one attached hydrogen (secondary N) is 1. The van der Waals surface area contributed by atoms with Crippen LogP contribution in [0, 0.1) is 0 Å². The van der Waals surface area contributed by atoms with Gasteiger partial charge in [0, 0.05) is 48.9 Å². The van der Waals surface area contributed by atoms with Crippen LogP contribution in [0.3, 0.4) is 0 Å². The number of likely N-dealkylation sites (tertiary alicyclic amines) is 1. The molecule has 38 heavy (non-hydrogen) atoms. The zero-order valence-electron chi connectivity index (χ0n) is 22.7. The fourth-order valence-electron chi connectivity index (χ4n) is 5.46. The minimum Gasteiger partial charge on any atom is -0.462 e. The molecule has 0 bridgehead atoms. The number of rotatable bonds is 9. The molecule has 8 nitrogen and oxygen atoms in total. The molecular formula is C30H38N6O2. The van der Waals surface area contributed by atoms with Crippen molar-refractivity contribution in [3.05, 3.63) is 66.4 Å². The van der Waals surface area contributed by atoms with Crippen LogP contribution in [0.2, 0.25) is 0 Å². The third kappa shape index (κ3) is 5.45. The third-order valence-corrected chi connectivity index (χ3v) is 7.96. The molecule has 3 aromatic rings. The first-order valence-corrected chi connectivity index (χ1v) is 13.5. The lowest BCUT2D eigenvalue weighted by atomic mass is 10.0. The number of ether oxygens (including phenoxy) is 1. The van der Waals surface area contributed by atoms with E-state index in [-0.39, 0.29) is 11.9 Å². The van der Waals surface area contributed by atoms with Crippen molar-refractivity contribution in [1.82, 2.24) is 20.2 Å². The van der Waals surface area contributed by atoms with Crippen molar-refractivity contribution in [2.24, 2.45) is 0 Å². The molecule has 3 heterocycles. The fraction of sp³-hybridized carbons (Fsp3) is 0.433. The minimum atomic E-state index is -0.176. The Hall–Kier alpha value is -3.65. The summed E-state index contributed by atoms with van der Waals surface area (Å²) in [6.07, 6.45) is 4.45. The van der Waals surface area contributed by atoms with E-state index < -0.39 is 0 Å². The highest BCUT2D eigenvalue weighted by Gasteiger charge is 2.28. The van der Waals surface area contributed by atoms with Crippen molar-refractivity contribution in [2.75, 3.05) is 50.1 Å². The molecule has 200 valence electrons. The van der Waals surface area contributed by atoms with Crippen LogP contribution in [-0.4, -0.2) is 73.2 Å². The molecule has 1 amide bonds. The number of likely N-dealkylation sites (N-methyl/N-ethyl adjacent to an activating group) is 2. The van der Waals surface area contributed by atoms with Crippen molar-refractivity contribution in [3.63, 3.8) is 0 Å². The van der Waals surface area contributed by atoms with Gasteiger partial charge in [-0.15, -0.1) is 0 Å². The number of amides is 1. The van der Waals surface area contributed by atoms with E-state index in [2.05, 4.69) is 83.0 Å². The van der Waals surface area contributed by atoms with E-state index >= 15 is 0 Å². The maximum absolute atomic E-state index is 11.8. The van der Waals surface area contributed by atoms with Gasteiger partial charge in [0.15, 0.2) is 0 Å². The molecule has 1 unspecified atom stereocenters. The maximum atomic E-state index is 11.8. The monoisotopic (exact) mass is 514 g/mol. The quantitative estimate of drug-likeness (QED) is 0.436. The molecule has 0 aliphatic carbocycles. The minimum absolute atomic E-state index is 0.0304. The topological polar surface area (TPSA) is 73.8 Å². The molecule has 5 rings (SSSR count). The molecule has 1 aromatic heterocycles. The number of fused-ring (bicyclic) bond motifs is 2. The first kappa shape index (κ1) is 26.0. The molecule has 0 saturated carbocycles. The molecule has 2 aliphatic heterocycles. The van der Waals surface area contributed by atoms with E-state index in [9.17, 15) is 4.79 Å². The second kappa shape index (κ2) is 11.4. The largest absolute Gasteiger partial charge is 0.462 e. The van der Waals surface area contributed by atoms with Crippen LogP contribution < -0.4 is 19.9 Å². The SMILES string of the molecule is C=CC(=O)NC[C@H](C)N(C)c1nc(OCC2CCCN2C)nc2c1CCN(c1cccc3ccccc13)C2. The number of carbonyl (C=O) groups is 1. The normalized spacial score (nSPS) is 18.2. The molecule has 1 fully saturated rings. The summed E-state index contributed by atoms with van der Waals surface area (Å²) in [4.78, 5) is 28.5. The van der Waals surface area contributed by atoms with Crippen LogP contribution in [0.4, 0.5) is 11.5 Å². The Kier molecular flexibility index (Phi) is 7.79. The molecule has 1 saturated heterocycles. The molecule has 2 aliphatic rings. The van der Waals surface area contributed by atoms with E-state index in [1.54, 1.807) is 0 Å². The predicted molar refractivity (Wildman–Crippen MR) is 153 cm³/mol. The number of nitrogens with zero attached hydrogens (tertiary/aromatic N) is 5. The third-order valence-electron chi connectivity index (χ3n) is 7.96. The first-order chi connectivity index (χ1) is 18.4. The highest BCUT2D eigenvalue weighted by atomic mass is 16.5. The van der Waals surface area contributed by atoms with Crippen LogP contribution in [-0.2, 0) is 17.8 Å². The Balaban J connectivity index is 1.44. The average Bonchev–Trinajstić information content (AvgIpc) is 3.37. The zero-order chi connectivity index (χ0) is 26.6. The Labute approximate surface area is 225 Å². The van der Waals surface area contributed by atoms with Crippen molar-refractivity contribution in [3.8, 4) is 6.01 Å². The second-order valence-electron chi connectivity index (χ2n) is 10.4. The van der Waals surface area contributed by atoms with Gasteiger partial charge in [-0.2, -0.15) is 9.97 Å².